The highest BCUT2D eigenvalue weighted by Crippen LogP contribution is 2.33. The molecule has 0 spiro atoms. The Labute approximate surface area is 78.7 Å². The van der Waals surface area contributed by atoms with Crippen LogP contribution in [-0.4, -0.2) is 13.2 Å². The number of rotatable bonds is 1. The SMILES string of the molecule is Cc1ccc2c(c1)C(CN)CCO2. The van der Waals surface area contributed by atoms with Gasteiger partial charge in [0.05, 0.1) is 6.61 Å². The molecular weight excluding hydrogens is 162 g/mol. The van der Waals surface area contributed by atoms with Gasteiger partial charge in [-0.2, -0.15) is 0 Å². The third kappa shape index (κ3) is 1.54. The standard InChI is InChI=1S/C11H15NO/c1-8-2-3-11-10(6-8)9(7-12)4-5-13-11/h2-3,6,9H,4-5,7,12H2,1H3. The molecule has 1 unspecified atom stereocenters. The Morgan fingerprint density at radius 3 is 3.15 bits per heavy atom. The molecular formula is C11H15NO. The van der Waals surface area contributed by atoms with E-state index in [9.17, 15) is 0 Å². The summed E-state index contributed by atoms with van der Waals surface area (Å²) in [5, 5.41) is 0. The van der Waals surface area contributed by atoms with Crippen LogP contribution in [0.4, 0.5) is 0 Å². The zero-order chi connectivity index (χ0) is 9.26. The van der Waals surface area contributed by atoms with Gasteiger partial charge in [-0.1, -0.05) is 17.7 Å². The van der Waals surface area contributed by atoms with Crippen LogP contribution in [-0.2, 0) is 0 Å². The molecule has 1 aliphatic heterocycles. The molecule has 0 radical (unpaired) electrons. The first kappa shape index (κ1) is 8.57. The lowest BCUT2D eigenvalue weighted by Gasteiger charge is -2.25. The zero-order valence-electron chi connectivity index (χ0n) is 7.92. The van der Waals surface area contributed by atoms with Crippen molar-refractivity contribution in [2.75, 3.05) is 13.2 Å². The second-order valence-corrected chi connectivity index (χ2v) is 3.61. The van der Waals surface area contributed by atoms with Crippen molar-refractivity contribution in [3.8, 4) is 5.75 Å². The van der Waals surface area contributed by atoms with Gasteiger partial charge in [-0.3, -0.25) is 0 Å². The van der Waals surface area contributed by atoms with E-state index in [1.165, 1.54) is 11.1 Å². The van der Waals surface area contributed by atoms with Crippen LogP contribution in [0.1, 0.15) is 23.5 Å². The summed E-state index contributed by atoms with van der Waals surface area (Å²) in [5.41, 5.74) is 8.28. The van der Waals surface area contributed by atoms with Crippen molar-refractivity contribution in [3.63, 3.8) is 0 Å². The molecule has 0 fully saturated rings. The molecule has 2 N–H and O–H groups in total. The topological polar surface area (TPSA) is 35.2 Å². The zero-order valence-corrected chi connectivity index (χ0v) is 7.92. The summed E-state index contributed by atoms with van der Waals surface area (Å²) in [5.74, 6) is 1.51. The maximum Gasteiger partial charge on any atom is 0.122 e. The van der Waals surface area contributed by atoms with Gasteiger partial charge >= 0.3 is 0 Å². The van der Waals surface area contributed by atoms with Gasteiger partial charge in [0.1, 0.15) is 5.75 Å². The second-order valence-electron chi connectivity index (χ2n) is 3.61. The van der Waals surface area contributed by atoms with Crippen molar-refractivity contribution in [2.45, 2.75) is 19.3 Å². The van der Waals surface area contributed by atoms with Gasteiger partial charge in [-0.05, 0) is 31.5 Å². The van der Waals surface area contributed by atoms with Gasteiger partial charge in [0, 0.05) is 5.92 Å². The molecule has 2 rings (SSSR count). The fourth-order valence-corrected chi connectivity index (χ4v) is 1.83. The highest BCUT2D eigenvalue weighted by molar-refractivity contribution is 5.40. The molecule has 1 heterocycles. The van der Waals surface area contributed by atoms with Crippen molar-refractivity contribution < 1.29 is 4.74 Å². The molecule has 0 amide bonds. The Bertz CT molecular complexity index is 309. The fraction of sp³-hybridized carbons (Fsp3) is 0.455. The summed E-state index contributed by atoms with van der Waals surface area (Å²) in [7, 11) is 0. The molecule has 1 aromatic rings. The van der Waals surface area contributed by atoms with Gasteiger partial charge in [-0.15, -0.1) is 0 Å². The fourth-order valence-electron chi connectivity index (χ4n) is 1.83. The molecule has 70 valence electrons. The predicted octanol–water partition coefficient (Wildman–Crippen LogP) is 1.82. The third-order valence-electron chi connectivity index (χ3n) is 2.61. The summed E-state index contributed by atoms with van der Waals surface area (Å²) in [4.78, 5) is 0. The van der Waals surface area contributed by atoms with Crippen LogP contribution < -0.4 is 10.5 Å². The van der Waals surface area contributed by atoms with E-state index in [1.54, 1.807) is 0 Å². The Morgan fingerprint density at radius 1 is 1.54 bits per heavy atom. The smallest absolute Gasteiger partial charge is 0.122 e. The lowest BCUT2D eigenvalue weighted by molar-refractivity contribution is 0.268. The maximum atomic E-state index is 5.71. The van der Waals surface area contributed by atoms with Crippen molar-refractivity contribution in [3.05, 3.63) is 29.3 Å². The van der Waals surface area contributed by atoms with E-state index in [2.05, 4.69) is 19.1 Å². The number of nitrogens with two attached hydrogens (primary N) is 1. The quantitative estimate of drug-likeness (QED) is 0.710. The minimum absolute atomic E-state index is 0.489. The van der Waals surface area contributed by atoms with Gasteiger partial charge in [0.2, 0.25) is 0 Å². The molecule has 2 nitrogen and oxygen atoms in total. The molecule has 1 aromatic carbocycles. The van der Waals surface area contributed by atoms with E-state index in [4.69, 9.17) is 10.5 Å². The third-order valence-corrected chi connectivity index (χ3v) is 2.61. The van der Waals surface area contributed by atoms with Crippen LogP contribution in [0.3, 0.4) is 0 Å². The summed E-state index contributed by atoms with van der Waals surface area (Å²) in [6.07, 6.45) is 1.05. The van der Waals surface area contributed by atoms with Crippen LogP contribution in [0, 0.1) is 6.92 Å². The summed E-state index contributed by atoms with van der Waals surface area (Å²) < 4.78 is 5.55. The Morgan fingerprint density at radius 2 is 2.38 bits per heavy atom. The van der Waals surface area contributed by atoms with E-state index in [0.29, 0.717) is 5.92 Å². The monoisotopic (exact) mass is 177 g/mol. The van der Waals surface area contributed by atoms with Crippen LogP contribution in [0.25, 0.3) is 0 Å². The molecule has 13 heavy (non-hydrogen) atoms. The number of hydrogen-bond donors (Lipinski definition) is 1. The molecule has 0 saturated carbocycles. The minimum atomic E-state index is 0.489. The molecule has 1 aliphatic rings. The molecule has 1 atom stereocenters. The Balaban J connectivity index is 2.41. The highest BCUT2D eigenvalue weighted by Gasteiger charge is 2.19. The first-order chi connectivity index (χ1) is 6.31. The van der Waals surface area contributed by atoms with E-state index in [-0.39, 0.29) is 0 Å². The molecule has 0 saturated heterocycles. The van der Waals surface area contributed by atoms with Crippen molar-refractivity contribution in [1.82, 2.24) is 0 Å². The van der Waals surface area contributed by atoms with E-state index >= 15 is 0 Å². The van der Waals surface area contributed by atoms with Crippen molar-refractivity contribution in [2.24, 2.45) is 5.73 Å². The number of fused-ring (bicyclic) bond motifs is 1. The molecule has 0 aromatic heterocycles. The maximum absolute atomic E-state index is 5.71. The average molecular weight is 177 g/mol. The summed E-state index contributed by atoms with van der Waals surface area (Å²) in [6, 6.07) is 6.32. The van der Waals surface area contributed by atoms with Gasteiger partial charge in [-0.25, -0.2) is 0 Å². The largest absolute Gasteiger partial charge is 0.493 e. The van der Waals surface area contributed by atoms with Crippen LogP contribution in [0.5, 0.6) is 5.75 Å². The number of ether oxygens (including phenoxy) is 1. The Hall–Kier alpha value is -1.02. The number of aryl methyl sites for hydroxylation is 1. The Kier molecular flexibility index (Phi) is 2.23. The molecule has 2 heteroatoms. The van der Waals surface area contributed by atoms with E-state index < -0.39 is 0 Å². The van der Waals surface area contributed by atoms with Crippen molar-refractivity contribution >= 4 is 0 Å². The number of hydrogen-bond acceptors (Lipinski definition) is 2. The van der Waals surface area contributed by atoms with Crippen molar-refractivity contribution in [1.29, 1.82) is 0 Å². The normalized spacial score (nSPS) is 20.6. The van der Waals surface area contributed by atoms with Gasteiger partial charge < -0.3 is 10.5 Å². The van der Waals surface area contributed by atoms with E-state index in [1.807, 2.05) is 6.07 Å². The molecule has 0 aliphatic carbocycles. The van der Waals surface area contributed by atoms with E-state index in [0.717, 1.165) is 25.3 Å². The summed E-state index contributed by atoms with van der Waals surface area (Å²) in [6.45, 7) is 3.63. The minimum Gasteiger partial charge on any atom is -0.493 e. The van der Waals surface area contributed by atoms with Crippen LogP contribution in [0.2, 0.25) is 0 Å². The van der Waals surface area contributed by atoms with Crippen LogP contribution >= 0.6 is 0 Å². The predicted molar refractivity (Wildman–Crippen MR) is 53.1 cm³/mol. The first-order valence-corrected chi connectivity index (χ1v) is 4.74. The highest BCUT2D eigenvalue weighted by atomic mass is 16.5. The lowest BCUT2D eigenvalue weighted by Crippen LogP contribution is -2.20. The second kappa shape index (κ2) is 3.38. The van der Waals surface area contributed by atoms with Gasteiger partial charge in [0.15, 0.2) is 0 Å². The lowest BCUT2D eigenvalue weighted by atomic mass is 9.92. The summed E-state index contributed by atoms with van der Waals surface area (Å²) >= 11 is 0. The van der Waals surface area contributed by atoms with Crippen LogP contribution in [0.15, 0.2) is 18.2 Å². The average Bonchev–Trinajstić information content (AvgIpc) is 2.17. The first-order valence-electron chi connectivity index (χ1n) is 4.74. The number of benzene rings is 1. The molecule has 0 bridgehead atoms. The van der Waals surface area contributed by atoms with Gasteiger partial charge in [0.25, 0.3) is 0 Å².